The van der Waals surface area contributed by atoms with Gasteiger partial charge in [0.15, 0.2) is 5.84 Å². The Morgan fingerprint density at radius 1 is 1.11 bits per heavy atom. The lowest BCUT2D eigenvalue weighted by Crippen LogP contribution is -1.96. The first-order chi connectivity index (χ1) is 8.79. The van der Waals surface area contributed by atoms with E-state index < -0.39 is 0 Å². The topological polar surface area (TPSA) is 60.0 Å². The Morgan fingerprint density at radius 2 is 1.89 bits per heavy atom. The summed E-state index contributed by atoms with van der Waals surface area (Å²) in [6, 6.07) is 18.5. The molecule has 0 radical (unpaired) electrons. The summed E-state index contributed by atoms with van der Waals surface area (Å²) in [7, 11) is 0. The summed E-state index contributed by atoms with van der Waals surface area (Å²) in [6.45, 7) is 0. The summed E-state index contributed by atoms with van der Waals surface area (Å²) in [6.07, 6.45) is 1.64. The van der Waals surface area contributed by atoms with E-state index in [-0.39, 0.29) is 5.84 Å². The van der Waals surface area contributed by atoms with Crippen LogP contribution in [0.1, 0.15) is 16.7 Å². The molecule has 0 atom stereocenters. The molecule has 0 aliphatic carbocycles. The third-order valence-electron chi connectivity index (χ3n) is 2.41. The van der Waals surface area contributed by atoms with Crippen molar-refractivity contribution in [2.45, 2.75) is 0 Å². The quantitative estimate of drug-likeness (QED) is 0.629. The number of nitriles is 1. The Morgan fingerprint density at radius 3 is 2.61 bits per heavy atom. The normalized spacial score (nSPS) is 10.2. The minimum absolute atomic E-state index is 0.149. The second-order valence-corrected chi connectivity index (χ2v) is 3.71. The van der Waals surface area contributed by atoms with Gasteiger partial charge in [-0.05, 0) is 17.7 Å². The van der Waals surface area contributed by atoms with E-state index in [1.165, 1.54) is 0 Å². The van der Waals surface area contributed by atoms with Gasteiger partial charge in [0.1, 0.15) is 0 Å². The molecule has 0 heterocycles. The largest absolute Gasteiger partial charge is 0.282 e. The molecule has 3 heteroatoms. The molecule has 0 bridgehead atoms. The summed E-state index contributed by atoms with van der Waals surface area (Å²) in [5.74, 6) is 0.149. The van der Waals surface area contributed by atoms with Gasteiger partial charge >= 0.3 is 0 Å². The van der Waals surface area contributed by atoms with Crippen molar-refractivity contribution in [3.8, 4) is 6.07 Å². The lowest BCUT2D eigenvalue weighted by atomic mass is 10.1. The first-order valence-electron chi connectivity index (χ1n) is 5.48. The molecule has 0 unspecified atom stereocenters. The standard InChI is InChI=1S/C15H11N3/c16-10-13-7-4-8-14(9-13)15(17)18-11-12-5-2-1-3-6-12/h1-9,11,17H/b17-15?,18-11+. The van der Waals surface area contributed by atoms with Gasteiger partial charge in [-0.25, -0.2) is 4.99 Å². The third kappa shape index (κ3) is 2.89. The first kappa shape index (κ1) is 11.7. The molecule has 3 nitrogen and oxygen atoms in total. The Kier molecular flexibility index (Phi) is 3.62. The fourth-order valence-electron chi connectivity index (χ4n) is 1.49. The molecule has 0 aromatic heterocycles. The second kappa shape index (κ2) is 5.55. The number of nitrogens with one attached hydrogen (secondary N) is 1. The van der Waals surface area contributed by atoms with Crippen molar-refractivity contribution in [3.63, 3.8) is 0 Å². The molecule has 0 fully saturated rings. The van der Waals surface area contributed by atoms with E-state index >= 15 is 0 Å². The maximum absolute atomic E-state index is 8.79. The van der Waals surface area contributed by atoms with Crippen molar-refractivity contribution in [1.82, 2.24) is 0 Å². The Labute approximate surface area is 106 Å². The second-order valence-electron chi connectivity index (χ2n) is 3.71. The van der Waals surface area contributed by atoms with E-state index in [1.54, 1.807) is 30.5 Å². The minimum atomic E-state index is 0.149. The molecule has 0 amide bonds. The van der Waals surface area contributed by atoms with Crippen LogP contribution in [0, 0.1) is 16.7 Å². The van der Waals surface area contributed by atoms with E-state index in [4.69, 9.17) is 10.7 Å². The van der Waals surface area contributed by atoms with E-state index in [0.717, 1.165) is 5.56 Å². The van der Waals surface area contributed by atoms with Gasteiger partial charge in [-0.3, -0.25) is 5.41 Å². The SMILES string of the molecule is N#Cc1cccc(C(=N)/N=C/c2ccccc2)c1. The number of benzene rings is 2. The summed E-state index contributed by atoms with van der Waals surface area (Å²) >= 11 is 0. The number of amidine groups is 1. The average molecular weight is 233 g/mol. The Bertz CT molecular complexity index is 622. The highest BCUT2D eigenvalue weighted by Crippen LogP contribution is 2.06. The highest BCUT2D eigenvalue weighted by atomic mass is 14.8. The van der Waals surface area contributed by atoms with E-state index in [9.17, 15) is 0 Å². The average Bonchev–Trinajstić information content (AvgIpc) is 2.46. The van der Waals surface area contributed by atoms with Crippen molar-refractivity contribution in [3.05, 3.63) is 71.3 Å². The van der Waals surface area contributed by atoms with Crippen LogP contribution in [0.4, 0.5) is 0 Å². The molecule has 1 N–H and O–H groups in total. The monoisotopic (exact) mass is 233 g/mol. The molecule has 2 aromatic rings. The Hall–Kier alpha value is -2.73. The van der Waals surface area contributed by atoms with Crippen LogP contribution >= 0.6 is 0 Å². The molecule has 0 spiro atoms. The van der Waals surface area contributed by atoms with Crippen LogP contribution in [-0.2, 0) is 0 Å². The summed E-state index contributed by atoms with van der Waals surface area (Å²) < 4.78 is 0. The first-order valence-corrected chi connectivity index (χ1v) is 5.48. The summed E-state index contributed by atoms with van der Waals surface area (Å²) in [4.78, 5) is 4.09. The number of hydrogen-bond donors (Lipinski definition) is 1. The molecule has 86 valence electrons. The molecular weight excluding hydrogens is 222 g/mol. The van der Waals surface area contributed by atoms with Crippen molar-refractivity contribution in [2.24, 2.45) is 4.99 Å². The predicted octanol–water partition coefficient (Wildman–Crippen LogP) is 3.00. The smallest absolute Gasteiger partial charge is 0.151 e. The highest BCUT2D eigenvalue weighted by Gasteiger charge is 1.99. The van der Waals surface area contributed by atoms with Crippen LogP contribution < -0.4 is 0 Å². The maximum Gasteiger partial charge on any atom is 0.151 e. The van der Waals surface area contributed by atoms with Crippen LogP contribution in [-0.4, -0.2) is 12.1 Å². The van der Waals surface area contributed by atoms with Gasteiger partial charge in [0.2, 0.25) is 0 Å². The van der Waals surface area contributed by atoms with Crippen LogP contribution in [0.5, 0.6) is 0 Å². The van der Waals surface area contributed by atoms with Gasteiger partial charge < -0.3 is 0 Å². The van der Waals surface area contributed by atoms with Crippen molar-refractivity contribution in [1.29, 1.82) is 10.7 Å². The van der Waals surface area contributed by atoms with Crippen molar-refractivity contribution < 1.29 is 0 Å². The molecule has 0 aliphatic rings. The molecule has 0 aliphatic heterocycles. The fourth-order valence-corrected chi connectivity index (χ4v) is 1.49. The van der Waals surface area contributed by atoms with E-state index in [2.05, 4.69) is 4.99 Å². The number of rotatable bonds is 2. The number of hydrogen-bond acceptors (Lipinski definition) is 2. The molecular formula is C15H11N3. The maximum atomic E-state index is 8.79. The summed E-state index contributed by atoms with van der Waals surface area (Å²) in [5.41, 5.74) is 2.12. The molecule has 18 heavy (non-hydrogen) atoms. The van der Waals surface area contributed by atoms with Crippen LogP contribution in [0.25, 0.3) is 0 Å². The fraction of sp³-hybridized carbons (Fsp3) is 0. The van der Waals surface area contributed by atoms with Crippen LogP contribution in [0.3, 0.4) is 0 Å². The lowest BCUT2D eigenvalue weighted by molar-refractivity contribution is 1.41. The number of nitrogens with zero attached hydrogens (tertiary/aromatic N) is 2. The zero-order valence-electron chi connectivity index (χ0n) is 9.67. The van der Waals surface area contributed by atoms with Gasteiger partial charge in [0.05, 0.1) is 11.6 Å². The van der Waals surface area contributed by atoms with Crippen molar-refractivity contribution in [2.75, 3.05) is 0 Å². The number of aliphatic imine (C=N–C) groups is 1. The molecule has 0 saturated heterocycles. The zero-order chi connectivity index (χ0) is 12.8. The third-order valence-corrected chi connectivity index (χ3v) is 2.41. The van der Waals surface area contributed by atoms with E-state index in [0.29, 0.717) is 11.1 Å². The minimum Gasteiger partial charge on any atom is -0.282 e. The van der Waals surface area contributed by atoms with Gasteiger partial charge in [-0.1, -0.05) is 42.5 Å². The lowest BCUT2D eigenvalue weighted by Gasteiger charge is -1.98. The highest BCUT2D eigenvalue weighted by molar-refractivity contribution is 6.03. The Balaban J connectivity index is 2.18. The molecule has 2 aromatic carbocycles. The summed E-state index contributed by atoms with van der Waals surface area (Å²) in [5, 5.41) is 16.6. The van der Waals surface area contributed by atoms with Gasteiger partial charge in [0, 0.05) is 11.8 Å². The van der Waals surface area contributed by atoms with Gasteiger partial charge in [-0.15, -0.1) is 0 Å². The van der Waals surface area contributed by atoms with Gasteiger partial charge in [-0.2, -0.15) is 5.26 Å². The van der Waals surface area contributed by atoms with Gasteiger partial charge in [0.25, 0.3) is 0 Å². The van der Waals surface area contributed by atoms with Crippen molar-refractivity contribution >= 4 is 12.1 Å². The van der Waals surface area contributed by atoms with Crippen LogP contribution in [0.2, 0.25) is 0 Å². The zero-order valence-corrected chi connectivity index (χ0v) is 9.67. The van der Waals surface area contributed by atoms with E-state index in [1.807, 2.05) is 36.4 Å². The predicted molar refractivity (Wildman–Crippen MR) is 72.0 cm³/mol. The molecule has 0 saturated carbocycles. The van der Waals surface area contributed by atoms with Crippen LogP contribution in [0.15, 0.2) is 59.6 Å². The molecule has 2 rings (SSSR count).